The third-order valence-corrected chi connectivity index (χ3v) is 5.87. The molecule has 2 amide bonds. The molecular weight excluding hydrogens is 354 g/mol. The SMILES string of the molecule is CCSc1nnc(NC(=O)Cc2csc(N3CCCC3=O)n2)s1. The average molecular weight is 369 g/mol. The Morgan fingerprint density at radius 2 is 2.35 bits per heavy atom. The molecule has 0 radical (unpaired) electrons. The Kier molecular flexibility index (Phi) is 5.23. The van der Waals surface area contributed by atoms with E-state index in [4.69, 9.17) is 0 Å². The van der Waals surface area contributed by atoms with Crippen LogP contribution in [0.4, 0.5) is 10.3 Å². The molecule has 1 N–H and O–H groups in total. The molecule has 122 valence electrons. The Hall–Kier alpha value is -1.52. The van der Waals surface area contributed by atoms with E-state index in [-0.39, 0.29) is 18.2 Å². The minimum atomic E-state index is -0.182. The normalized spacial score (nSPS) is 14.5. The molecule has 3 rings (SSSR count). The number of thiazole rings is 1. The molecular formula is C13H15N5O2S3. The van der Waals surface area contributed by atoms with Crippen LogP contribution in [0, 0.1) is 0 Å². The summed E-state index contributed by atoms with van der Waals surface area (Å²) in [5.41, 5.74) is 0.662. The minimum Gasteiger partial charge on any atom is -0.300 e. The van der Waals surface area contributed by atoms with Gasteiger partial charge in [0, 0.05) is 18.3 Å². The molecule has 10 heteroatoms. The van der Waals surface area contributed by atoms with Gasteiger partial charge in [-0.2, -0.15) is 0 Å². The molecule has 1 aliphatic rings. The van der Waals surface area contributed by atoms with Crippen LogP contribution < -0.4 is 10.2 Å². The summed E-state index contributed by atoms with van der Waals surface area (Å²) in [6.45, 7) is 2.75. The Balaban J connectivity index is 1.57. The third-order valence-electron chi connectivity index (χ3n) is 3.11. The first-order valence-corrected chi connectivity index (χ1v) is 9.85. The van der Waals surface area contributed by atoms with Gasteiger partial charge >= 0.3 is 0 Å². The molecule has 0 aromatic carbocycles. The second-order valence-corrected chi connectivity index (χ2v) is 8.13. The molecule has 23 heavy (non-hydrogen) atoms. The van der Waals surface area contributed by atoms with Crippen molar-refractivity contribution in [2.24, 2.45) is 0 Å². The van der Waals surface area contributed by atoms with E-state index in [0.29, 0.717) is 28.9 Å². The highest BCUT2D eigenvalue weighted by Gasteiger charge is 2.24. The number of aromatic nitrogens is 3. The number of hydrogen-bond acceptors (Lipinski definition) is 8. The van der Waals surface area contributed by atoms with Crippen molar-refractivity contribution in [1.82, 2.24) is 15.2 Å². The van der Waals surface area contributed by atoms with Gasteiger partial charge < -0.3 is 5.32 Å². The molecule has 2 aromatic heterocycles. The Morgan fingerprint density at radius 3 is 3.09 bits per heavy atom. The molecule has 0 bridgehead atoms. The predicted octanol–water partition coefficient (Wildman–Crippen LogP) is 2.41. The lowest BCUT2D eigenvalue weighted by molar-refractivity contribution is -0.117. The van der Waals surface area contributed by atoms with Crippen LogP contribution in [0.1, 0.15) is 25.5 Å². The summed E-state index contributed by atoms with van der Waals surface area (Å²) in [5, 5.41) is 13.7. The number of hydrogen-bond donors (Lipinski definition) is 1. The van der Waals surface area contributed by atoms with Crippen molar-refractivity contribution in [3.63, 3.8) is 0 Å². The molecule has 1 aliphatic heterocycles. The molecule has 0 aliphatic carbocycles. The smallest absolute Gasteiger partial charge is 0.232 e. The fourth-order valence-electron chi connectivity index (χ4n) is 2.12. The predicted molar refractivity (Wildman–Crippen MR) is 92.3 cm³/mol. The van der Waals surface area contributed by atoms with E-state index in [1.54, 1.807) is 16.7 Å². The molecule has 3 heterocycles. The van der Waals surface area contributed by atoms with Gasteiger partial charge in [0.2, 0.25) is 16.9 Å². The molecule has 0 saturated carbocycles. The number of anilines is 2. The lowest BCUT2D eigenvalue weighted by Gasteiger charge is -2.10. The van der Waals surface area contributed by atoms with Crippen LogP contribution in [0.15, 0.2) is 9.72 Å². The molecule has 0 unspecified atom stereocenters. The quantitative estimate of drug-likeness (QED) is 0.621. The van der Waals surface area contributed by atoms with Gasteiger partial charge in [-0.3, -0.25) is 14.5 Å². The van der Waals surface area contributed by atoms with E-state index in [2.05, 4.69) is 20.5 Å². The van der Waals surface area contributed by atoms with Crippen LogP contribution in [0.3, 0.4) is 0 Å². The maximum absolute atomic E-state index is 12.0. The molecule has 2 aromatic rings. The number of thioether (sulfide) groups is 1. The van der Waals surface area contributed by atoms with Crippen LogP contribution in [-0.4, -0.2) is 39.3 Å². The van der Waals surface area contributed by atoms with Crippen molar-refractivity contribution in [1.29, 1.82) is 0 Å². The zero-order valence-electron chi connectivity index (χ0n) is 12.4. The van der Waals surface area contributed by atoms with E-state index in [1.807, 2.05) is 12.3 Å². The fourth-order valence-corrected chi connectivity index (χ4v) is 4.65. The molecule has 0 spiro atoms. The third kappa shape index (κ3) is 4.06. The van der Waals surface area contributed by atoms with Crippen LogP contribution >= 0.6 is 34.4 Å². The van der Waals surface area contributed by atoms with Crippen molar-refractivity contribution in [2.45, 2.75) is 30.5 Å². The van der Waals surface area contributed by atoms with E-state index in [0.717, 1.165) is 16.5 Å². The lowest BCUT2D eigenvalue weighted by Crippen LogP contribution is -2.23. The van der Waals surface area contributed by atoms with Gasteiger partial charge in [-0.1, -0.05) is 30.0 Å². The summed E-state index contributed by atoms with van der Waals surface area (Å²) in [6, 6.07) is 0. The molecule has 1 fully saturated rings. The fraction of sp³-hybridized carbons (Fsp3) is 0.462. The van der Waals surface area contributed by atoms with Crippen molar-refractivity contribution < 1.29 is 9.59 Å². The zero-order valence-corrected chi connectivity index (χ0v) is 14.9. The minimum absolute atomic E-state index is 0.102. The highest BCUT2D eigenvalue weighted by atomic mass is 32.2. The van der Waals surface area contributed by atoms with E-state index in [9.17, 15) is 9.59 Å². The van der Waals surface area contributed by atoms with Crippen LogP contribution in [0.25, 0.3) is 0 Å². The molecule has 0 atom stereocenters. The Bertz CT molecular complexity index is 714. The monoisotopic (exact) mass is 369 g/mol. The summed E-state index contributed by atoms with van der Waals surface area (Å²) in [7, 11) is 0. The van der Waals surface area contributed by atoms with Gasteiger partial charge in [-0.05, 0) is 12.2 Å². The lowest BCUT2D eigenvalue weighted by atomic mass is 10.3. The number of rotatable bonds is 6. The first-order chi connectivity index (χ1) is 11.2. The Morgan fingerprint density at radius 1 is 1.48 bits per heavy atom. The number of nitrogens with one attached hydrogen (secondary N) is 1. The highest BCUT2D eigenvalue weighted by Crippen LogP contribution is 2.27. The van der Waals surface area contributed by atoms with Gasteiger partial charge in [0.1, 0.15) is 0 Å². The van der Waals surface area contributed by atoms with Gasteiger partial charge in [0.05, 0.1) is 12.1 Å². The number of carbonyl (C=O) groups excluding carboxylic acids is 2. The first-order valence-electron chi connectivity index (χ1n) is 7.16. The van der Waals surface area contributed by atoms with Crippen molar-refractivity contribution in [2.75, 3.05) is 22.5 Å². The van der Waals surface area contributed by atoms with Gasteiger partial charge in [0.25, 0.3) is 0 Å². The first kappa shape index (κ1) is 16.3. The van der Waals surface area contributed by atoms with E-state index < -0.39 is 0 Å². The summed E-state index contributed by atoms with van der Waals surface area (Å²) >= 11 is 4.35. The van der Waals surface area contributed by atoms with Crippen LogP contribution in [0.5, 0.6) is 0 Å². The number of carbonyl (C=O) groups is 2. The van der Waals surface area contributed by atoms with Crippen molar-refractivity contribution in [3.8, 4) is 0 Å². The topological polar surface area (TPSA) is 88.1 Å². The largest absolute Gasteiger partial charge is 0.300 e. The van der Waals surface area contributed by atoms with Crippen LogP contribution in [0.2, 0.25) is 0 Å². The Labute approximate surface area is 145 Å². The highest BCUT2D eigenvalue weighted by molar-refractivity contribution is 8.01. The molecule has 1 saturated heterocycles. The summed E-state index contributed by atoms with van der Waals surface area (Å²) in [4.78, 5) is 29.8. The van der Waals surface area contributed by atoms with E-state index >= 15 is 0 Å². The average Bonchev–Trinajstić information content (AvgIpc) is 3.21. The summed E-state index contributed by atoms with van der Waals surface area (Å²) in [5.74, 6) is 0.836. The second kappa shape index (κ2) is 7.37. The number of nitrogens with zero attached hydrogens (tertiary/aromatic N) is 4. The summed E-state index contributed by atoms with van der Waals surface area (Å²) in [6.07, 6.45) is 1.60. The van der Waals surface area contributed by atoms with Gasteiger partial charge in [-0.25, -0.2) is 4.98 Å². The number of amides is 2. The van der Waals surface area contributed by atoms with Crippen LogP contribution in [-0.2, 0) is 16.0 Å². The second-order valence-electron chi connectivity index (χ2n) is 4.80. The maximum atomic E-state index is 12.0. The zero-order chi connectivity index (χ0) is 16.2. The van der Waals surface area contributed by atoms with Gasteiger partial charge in [0.15, 0.2) is 9.47 Å². The van der Waals surface area contributed by atoms with Gasteiger partial charge in [-0.15, -0.1) is 21.5 Å². The maximum Gasteiger partial charge on any atom is 0.232 e. The van der Waals surface area contributed by atoms with Crippen molar-refractivity contribution >= 4 is 56.5 Å². The van der Waals surface area contributed by atoms with Crippen molar-refractivity contribution in [3.05, 3.63) is 11.1 Å². The standard InChI is InChI=1S/C13H15N5O2S3/c1-2-21-13-17-16-11(23-13)15-9(19)6-8-7-22-12(14-8)18-5-3-4-10(18)20/h7H,2-6H2,1H3,(H,15,16,19). The van der Waals surface area contributed by atoms with E-state index in [1.165, 1.54) is 22.7 Å². The summed E-state index contributed by atoms with van der Waals surface area (Å²) < 4.78 is 0.839. The molecule has 7 nitrogen and oxygen atoms in total.